The molecule has 1 heterocycles. The molecule has 1 aliphatic rings. The molecule has 15 heavy (non-hydrogen) atoms. The lowest BCUT2D eigenvalue weighted by molar-refractivity contribution is 0.0343. The fourth-order valence-electron chi connectivity index (χ4n) is 2.13. The van der Waals surface area contributed by atoms with Crippen molar-refractivity contribution in [2.24, 2.45) is 5.73 Å². The summed E-state index contributed by atoms with van der Waals surface area (Å²) in [7, 11) is 0. The highest BCUT2D eigenvalue weighted by atomic mass is 16.5. The molecule has 1 aromatic carbocycles. The SMILES string of the molecule is CC(N)CCC1OCCc2ccccc21. The molecule has 1 aromatic rings. The van der Waals surface area contributed by atoms with E-state index in [0.29, 0.717) is 0 Å². The summed E-state index contributed by atoms with van der Waals surface area (Å²) >= 11 is 0. The smallest absolute Gasteiger partial charge is 0.0828 e. The first-order valence-corrected chi connectivity index (χ1v) is 5.72. The summed E-state index contributed by atoms with van der Waals surface area (Å²) in [5.74, 6) is 0. The van der Waals surface area contributed by atoms with Crippen LogP contribution < -0.4 is 5.73 Å². The molecule has 2 rings (SSSR count). The van der Waals surface area contributed by atoms with Crippen molar-refractivity contribution in [2.45, 2.75) is 38.3 Å². The average molecular weight is 205 g/mol. The highest BCUT2D eigenvalue weighted by Crippen LogP contribution is 2.30. The lowest BCUT2D eigenvalue weighted by Crippen LogP contribution is -2.20. The second-order valence-electron chi connectivity index (χ2n) is 4.36. The van der Waals surface area contributed by atoms with Gasteiger partial charge in [-0.1, -0.05) is 24.3 Å². The van der Waals surface area contributed by atoms with Gasteiger partial charge in [-0.2, -0.15) is 0 Å². The minimum atomic E-state index is 0.265. The van der Waals surface area contributed by atoms with Crippen molar-refractivity contribution >= 4 is 0 Å². The van der Waals surface area contributed by atoms with Gasteiger partial charge in [-0.3, -0.25) is 0 Å². The monoisotopic (exact) mass is 205 g/mol. The number of nitrogens with two attached hydrogens (primary N) is 1. The topological polar surface area (TPSA) is 35.2 Å². The molecule has 2 unspecified atom stereocenters. The number of hydrogen-bond acceptors (Lipinski definition) is 2. The van der Waals surface area contributed by atoms with Gasteiger partial charge in [0, 0.05) is 6.04 Å². The highest BCUT2D eigenvalue weighted by Gasteiger charge is 2.19. The molecule has 0 bridgehead atoms. The van der Waals surface area contributed by atoms with Gasteiger partial charge in [-0.25, -0.2) is 0 Å². The van der Waals surface area contributed by atoms with E-state index in [0.717, 1.165) is 25.9 Å². The van der Waals surface area contributed by atoms with E-state index < -0.39 is 0 Å². The average Bonchev–Trinajstić information content (AvgIpc) is 2.26. The molecule has 0 radical (unpaired) electrons. The van der Waals surface area contributed by atoms with E-state index in [9.17, 15) is 0 Å². The van der Waals surface area contributed by atoms with E-state index in [2.05, 4.69) is 31.2 Å². The van der Waals surface area contributed by atoms with E-state index in [1.54, 1.807) is 0 Å². The van der Waals surface area contributed by atoms with Gasteiger partial charge in [0.15, 0.2) is 0 Å². The zero-order chi connectivity index (χ0) is 10.7. The number of rotatable bonds is 3. The molecule has 0 aliphatic carbocycles. The summed E-state index contributed by atoms with van der Waals surface area (Å²) in [5, 5.41) is 0. The zero-order valence-corrected chi connectivity index (χ0v) is 9.28. The number of fused-ring (bicyclic) bond motifs is 1. The molecule has 0 aromatic heterocycles. The van der Waals surface area contributed by atoms with E-state index >= 15 is 0 Å². The maximum absolute atomic E-state index is 5.80. The van der Waals surface area contributed by atoms with Crippen LogP contribution in [-0.2, 0) is 11.2 Å². The Bertz CT molecular complexity index is 322. The molecule has 2 atom stereocenters. The summed E-state index contributed by atoms with van der Waals surface area (Å²) in [6.07, 6.45) is 3.37. The largest absolute Gasteiger partial charge is 0.373 e. The maximum atomic E-state index is 5.80. The van der Waals surface area contributed by atoms with Gasteiger partial charge in [0.25, 0.3) is 0 Å². The second-order valence-corrected chi connectivity index (χ2v) is 4.36. The lowest BCUT2D eigenvalue weighted by atomic mass is 9.94. The van der Waals surface area contributed by atoms with E-state index in [-0.39, 0.29) is 12.1 Å². The number of hydrogen-bond donors (Lipinski definition) is 1. The Morgan fingerprint density at radius 2 is 2.27 bits per heavy atom. The van der Waals surface area contributed by atoms with Crippen LogP contribution in [-0.4, -0.2) is 12.6 Å². The van der Waals surface area contributed by atoms with Crippen molar-refractivity contribution < 1.29 is 4.74 Å². The third-order valence-electron chi connectivity index (χ3n) is 2.98. The molecule has 2 nitrogen and oxygen atoms in total. The Kier molecular flexibility index (Phi) is 3.39. The van der Waals surface area contributed by atoms with Gasteiger partial charge in [0.05, 0.1) is 12.7 Å². The second kappa shape index (κ2) is 4.77. The first kappa shape index (κ1) is 10.7. The van der Waals surface area contributed by atoms with E-state index in [4.69, 9.17) is 10.5 Å². The summed E-state index contributed by atoms with van der Waals surface area (Å²) in [5.41, 5.74) is 8.58. The summed E-state index contributed by atoms with van der Waals surface area (Å²) in [4.78, 5) is 0. The Labute approximate surface area is 91.4 Å². The summed E-state index contributed by atoms with van der Waals surface area (Å²) < 4.78 is 5.80. The van der Waals surface area contributed by atoms with Crippen molar-refractivity contribution in [1.29, 1.82) is 0 Å². The van der Waals surface area contributed by atoms with Crippen LogP contribution in [0.5, 0.6) is 0 Å². The van der Waals surface area contributed by atoms with Gasteiger partial charge in [-0.15, -0.1) is 0 Å². The minimum Gasteiger partial charge on any atom is -0.373 e. The first-order valence-electron chi connectivity index (χ1n) is 5.72. The molecule has 2 N–H and O–H groups in total. The van der Waals surface area contributed by atoms with Gasteiger partial charge in [0.1, 0.15) is 0 Å². The molecule has 2 heteroatoms. The van der Waals surface area contributed by atoms with Crippen molar-refractivity contribution in [3.63, 3.8) is 0 Å². The maximum Gasteiger partial charge on any atom is 0.0828 e. The van der Waals surface area contributed by atoms with E-state index in [1.165, 1.54) is 11.1 Å². The third-order valence-corrected chi connectivity index (χ3v) is 2.98. The van der Waals surface area contributed by atoms with Gasteiger partial charge in [-0.05, 0) is 37.3 Å². The Balaban J connectivity index is 2.08. The molecule has 0 saturated carbocycles. The van der Waals surface area contributed by atoms with Crippen LogP contribution in [0.1, 0.15) is 37.0 Å². The molecule has 82 valence electrons. The molecular weight excluding hydrogens is 186 g/mol. The van der Waals surface area contributed by atoms with Gasteiger partial charge < -0.3 is 10.5 Å². The molecule has 0 fully saturated rings. The zero-order valence-electron chi connectivity index (χ0n) is 9.28. The van der Waals surface area contributed by atoms with Crippen LogP contribution in [0.3, 0.4) is 0 Å². The third kappa shape index (κ3) is 2.58. The van der Waals surface area contributed by atoms with Crippen LogP contribution in [0.25, 0.3) is 0 Å². The Morgan fingerprint density at radius 3 is 3.07 bits per heavy atom. The van der Waals surface area contributed by atoms with Crippen LogP contribution >= 0.6 is 0 Å². The Morgan fingerprint density at radius 1 is 1.47 bits per heavy atom. The fourth-order valence-corrected chi connectivity index (χ4v) is 2.13. The van der Waals surface area contributed by atoms with Crippen molar-refractivity contribution in [1.82, 2.24) is 0 Å². The molecule has 1 aliphatic heterocycles. The van der Waals surface area contributed by atoms with E-state index in [1.807, 2.05) is 0 Å². The van der Waals surface area contributed by atoms with Gasteiger partial charge in [0.2, 0.25) is 0 Å². The fraction of sp³-hybridized carbons (Fsp3) is 0.538. The molecule has 0 amide bonds. The Hall–Kier alpha value is -0.860. The summed E-state index contributed by atoms with van der Waals surface area (Å²) in [6.45, 7) is 2.90. The van der Waals surface area contributed by atoms with Crippen LogP contribution in [0.2, 0.25) is 0 Å². The van der Waals surface area contributed by atoms with Crippen molar-refractivity contribution in [3.8, 4) is 0 Å². The number of benzene rings is 1. The highest BCUT2D eigenvalue weighted by molar-refractivity contribution is 5.30. The number of ether oxygens (including phenoxy) is 1. The minimum absolute atomic E-state index is 0.265. The molecular formula is C13H19NO. The van der Waals surface area contributed by atoms with Crippen molar-refractivity contribution in [2.75, 3.05) is 6.61 Å². The predicted octanol–water partition coefficient (Wildman–Crippen LogP) is 2.43. The predicted molar refractivity (Wildman–Crippen MR) is 61.7 cm³/mol. The van der Waals surface area contributed by atoms with Crippen molar-refractivity contribution in [3.05, 3.63) is 35.4 Å². The molecule has 0 saturated heterocycles. The van der Waals surface area contributed by atoms with Crippen LogP contribution in [0, 0.1) is 0 Å². The summed E-state index contributed by atoms with van der Waals surface area (Å²) in [6, 6.07) is 8.85. The standard InChI is InChI=1S/C13H19NO/c1-10(14)6-7-13-12-5-3-2-4-11(12)8-9-15-13/h2-5,10,13H,6-9,14H2,1H3. The molecule has 0 spiro atoms. The van der Waals surface area contributed by atoms with Gasteiger partial charge >= 0.3 is 0 Å². The van der Waals surface area contributed by atoms with Crippen LogP contribution in [0.4, 0.5) is 0 Å². The normalized spacial score (nSPS) is 22.1. The van der Waals surface area contributed by atoms with Crippen LogP contribution in [0.15, 0.2) is 24.3 Å². The quantitative estimate of drug-likeness (QED) is 0.822. The first-order chi connectivity index (χ1) is 7.27. The lowest BCUT2D eigenvalue weighted by Gasteiger charge is -2.26.